The van der Waals surface area contributed by atoms with Crippen LogP contribution < -0.4 is 4.74 Å². The van der Waals surface area contributed by atoms with Crippen molar-refractivity contribution in [1.29, 1.82) is 0 Å². The van der Waals surface area contributed by atoms with Crippen molar-refractivity contribution in [3.63, 3.8) is 0 Å². The molecule has 1 amide bonds. The van der Waals surface area contributed by atoms with Crippen LogP contribution in [0.3, 0.4) is 0 Å². The van der Waals surface area contributed by atoms with Gasteiger partial charge in [-0.05, 0) is 43.2 Å². The Morgan fingerprint density at radius 3 is 2.66 bits per heavy atom. The maximum Gasteiger partial charge on any atom is 0.275 e. The topological polar surface area (TPSA) is 86.3 Å². The van der Waals surface area contributed by atoms with Crippen LogP contribution in [0.15, 0.2) is 53.1 Å². The molecule has 6 rings (SSSR count). The van der Waals surface area contributed by atoms with Crippen LogP contribution in [0.1, 0.15) is 60.8 Å². The van der Waals surface area contributed by atoms with Gasteiger partial charge in [-0.25, -0.2) is 0 Å². The number of ether oxygens (including phenoxy) is 1. The molecule has 1 saturated heterocycles. The van der Waals surface area contributed by atoms with Crippen LogP contribution in [0.4, 0.5) is 0 Å². The molecule has 35 heavy (non-hydrogen) atoms. The van der Waals surface area contributed by atoms with Crippen LogP contribution in [0.25, 0.3) is 22.3 Å². The first-order valence-corrected chi connectivity index (χ1v) is 12.5. The van der Waals surface area contributed by atoms with Crippen LogP contribution in [-0.2, 0) is 7.05 Å². The molecule has 0 N–H and O–H groups in total. The van der Waals surface area contributed by atoms with Gasteiger partial charge in [0, 0.05) is 36.9 Å². The molecule has 1 saturated carbocycles. The lowest BCUT2D eigenvalue weighted by Gasteiger charge is -2.17. The molecule has 0 unspecified atom stereocenters. The van der Waals surface area contributed by atoms with Crippen molar-refractivity contribution >= 4 is 16.8 Å². The smallest absolute Gasteiger partial charge is 0.275 e. The maximum atomic E-state index is 13.2. The van der Waals surface area contributed by atoms with Crippen LogP contribution in [0.5, 0.6) is 5.75 Å². The van der Waals surface area contributed by atoms with E-state index >= 15 is 0 Å². The first-order chi connectivity index (χ1) is 17.2. The van der Waals surface area contributed by atoms with Gasteiger partial charge in [-0.1, -0.05) is 42.6 Å². The summed E-state index contributed by atoms with van der Waals surface area (Å²) in [6.45, 7) is 1.19. The van der Waals surface area contributed by atoms with Crippen molar-refractivity contribution in [2.45, 2.75) is 50.5 Å². The Hall–Kier alpha value is -3.68. The van der Waals surface area contributed by atoms with Crippen molar-refractivity contribution in [2.75, 3.05) is 13.1 Å². The Morgan fingerprint density at radius 1 is 1.03 bits per heavy atom. The Morgan fingerprint density at radius 2 is 1.83 bits per heavy atom. The third kappa shape index (κ3) is 4.29. The molecule has 3 heterocycles. The average Bonchev–Trinajstić information content (AvgIpc) is 3.65. The zero-order valence-electron chi connectivity index (χ0n) is 19.9. The van der Waals surface area contributed by atoms with E-state index in [1.807, 2.05) is 60.5 Å². The number of aryl methyl sites for hydroxylation is 1. The molecule has 1 atom stereocenters. The number of fused-ring (bicyclic) bond motifs is 1. The SMILES string of the molecule is Cn1nc(C(=O)N2CC[C@@H](Oc3ccc(-c4noc(C5CCCCC5)n4)cc3)C2)c2ccccc21. The van der Waals surface area contributed by atoms with Gasteiger partial charge in [0.25, 0.3) is 5.91 Å². The molecule has 8 nitrogen and oxygen atoms in total. The second-order valence-electron chi connectivity index (χ2n) is 9.58. The van der Waals surface area contributed by atoms with Gasteiger partial charge in [-0.3, -0.25) is 9.48 Å². The van der Waals surface area contributed by atoms with E-state index in [-0.39, 0.29) is 12.0 Å². The number of hydrogen-bond acceptors (Lipinski definition) is 6. The average molecular weight is 472 g/mol. The molecule has 1 aliphatic heterocycles. The summed E-state index contributed by atoms with van der Waals surface area (Å²) in [6.07, 6.45) is 6.76. The van der Waals surface area contributed by atoms with Crippen LogP contribution in [0.2, 0.25) is 0 Å². The summed E-state index contributed by atoms with van der Waals surface area (Å²) in [6, 6.07) is 15.6. The van der Waals surface area contributed by atoms with Crippen LogP contribution in [-0.4, -0.2) is 49.9 Å². The Labute approximate surface area is 203 Å². The highest BCUT2D eigenvalue weighted by Crippen LogP contribution is 2.33. The fourth-order valence-corrected chi connectivity index (χ4v) is 5.27. The van der Waals surface area contributed by atoms with Gasteiger partial charge in [0.15, 0.2) is 5.69 Å². The summed E-state index contributed by atoms with van der Waals surface area (Å²) in [5.41, 5.74) is 2.37. The van der Waals surface area contributed by atoms with Crippen molar-refractivity contribution in [3.05, 3.63) is 60.1 Å². The third-order valence-corrected chi connectivity index (χ3v) is 7.20. The zero-order valence-corrected chi connectivity index (χ0v) is 19.9. The van der Waals surface area contributed by atoms with Crippen molar-refractivity contribution in [1.82, 2.24) is 24.8 Å². The Balaban J connectivity index is 1.09. The number of rotatable bonds is 5. The molecule has 1 aliphatic carbocycles. The Kier molecular flexibility index (Phi) is 5.72. The lowest BCUT2D eigenvalue weighted by Crippen LogP contribution is -2.31. The summed E-state index contributed by atoms with van der Waals surface area (Å²) in [7, 11) is 1.87. The van der Waals surface area contributed by atoms with Gasteiger partial charge >= 0.3 is 0 Å². The number of aromatic nitrogens is 4. The first-order valence-electron chi connectivity index (χ1n) is 12.5. The second kappa shape index (κ2) is 9.17. The van der Waals surface area contributed by atoms with Crippen molar-refractivity contribution < 1.29 is 14.1 Å². The van der Waals surface area contributed by atoms with Gasteiger partial charge in [-0.2, -0.15) is 10.1 Å². The number of likely N-dealkylation sites (tertiary alicyclic amines) is 1. The maximum absolute atomic E-state index is 13.2. The van der Waals surface area contributed by atoms with E-state index in [0.29, 0.717) is 30.5 Å². The number of carbonyl (C=O) groups excluding carboxylic acids is 1. The minimum atomic E-state index is -0.0529. The Bertz CT molecular complexity index is 1340. The molecule has 2 aromatic carbocycles. The van der Waals surface area contributed by atoms with Gasteiger partial charge in [-0.15, -0.1) is 0 Å². The van der Waals surface area contributed by atoms with E-state index in [0.717, 1.165) is 47.4 Å². The summed E-state index contributed by atoms with van der Waals surface area (Å²) < 4.78 is 13.5. The molecule has 2 aromatic heterocycles. The van der Waals surface area contributed by atoms with E-state index in [9.17, 15) is 4.79 Å². The summed E-state index contributed by atoms with van der Waals surface area (Å²) >= 11 is 0. The van der Waals surface area contributed by atoms with Gasteiger partial charge < -0.3 is 14.2 Å². The van der Waals surface area contributed by atoms with Crippen LogP contribution in [0, 0.1) is 0 Å². The monoisotopic (exact) mass is 471 g/mol. The van der Waals surface area contributed by atoms with E-state index < -0.39 is 0 Å². The van der Waals surface area contributed by atoms with E-state index in [1.165, 1.54) is 19.3 Å². The number of carbonyl (C=O) groups is 1. The molecule has 8 heteroatoms. The van der Waals surface area contributed by atoms with E-state index in [4.69, 9.17) is 9.26 Å². The summed E-state index contributed by atoms with van der Waals surface area (Å²) in [4.78, 5) is 19.6. The highest BCUT2D eigenvalue weighted by atomic mass is 16.5. The first kappa shape index (κ1) is 21.8. The van der Waals surface area contributed by atoms with E-state index in [1.54, 1.807) is 4.68 Å². The molecule has 0 radical (unpaired) electrons. The fraction of sp³-hybridized carbons (Fsp3) is 0.407. The van der Waals surface area contributed by atoms with Crippen molar-refractivity contribution in [2.24, 2.45) is 7.05 Å². The quantitative estimate of drug-likeness (QED) is 0.409. The fourth-order valence-electron chi connectivity index (χ4n) is 5.27. The standard InChI is InChI=1S/C27H29N5O3/c1-31-23-10-6-5-9-22(23)24(29-31)27(33)32-16-15-21(17-32)34-20-13-11-18(12-14-20)25-28-26(35-30-25)19-7-3-2-4-8-19/h5-6,9-14,19,21H,2-4,7-8,15-17H2,1H3/t21-/m1/s1. The van der Waals surface area contributed by atoms with E-state index in [2.05, 4.69) is 15.2 Å². The molecule has 180 valence electrons. The lowest BCUT2D eigenvalue weighted by atomic mass is 9.89. The van der Waals surface area contributed by atoms with Gasteiger partial charge in [0.1, 0.15) is 11.9 Å². The zero-order chi connectivity index (χ0) is 23.8. The molecule has 2 aliphatic rings. The number of benzene rings is 2. The molecule has 0 spiro atoms. The number of amides is 1. The largest absolute Gasteiger partial charge is 0.489 e. The number of para-hydroxylation sites is 1. The predicted octanol–water partition coefficient (Wildman–Crippen LogP) is 4.96. The number of hydrogen-bond donors (Lipinski definition) is 0. The highest BCUT2D eigenvalue weighted by molar-refractivity contribution is 6.04. The predicted molar refractivity (Wildman–Crippen MR) is 131 cm³/mol. The normalized spacial score (nSPS) is 18.9. The molecule has 0 bridgehead atoms. The minimum Gasteiger partial charge on any atom is -0.489 e. The molecular formula is C27H29N5O3. The van der Waals surface area contributed by atoms with Crippen LogP contribution >= 0.6 is 0 Å². The molecule has 4 aromatic rings. The van der Waals surface area contributed by atoms with Crippen molar-refractivity contribution in [3.8, 4) is 17.1 Å². The van der Waals surface area contributed by atoms with Gasteiger partial charge in [0.05, 0.1) is 12.1 Å². The minimum absolute atomic E-state index is 0.0471. The summed E-state index contributed by atoms with van der Waals surface area (Å²) in [5, 5.41) is 9.56. The third-order valence-electron chi connectivity index (χ3n) is 7.20. The highest BCUT2D eigenvalue weighted by Gasteiger charge is 2.31. The summed E-state index contributed by atoms with van der Waals surface area (Å²) in [5.74, 6) is 2.50. The lowest BCUT2D eigenvalue weighted by molar-refractivity contribution is 0.0767. The van der Waals surface area contributed by atoms with Gasteiger partial charge in [0.2, 0.25) is 11.7 Å². The number of nitrogens with zero attached hydrogens (tertiary/aromatic N) is 5. The second-order valence-corrected chi connectivity index (χ2v) is 9.58. The molecular weight excluding hydrogens is 442 g/mol. The molecule has 2 fully saturated rings.